The fourth-order valence-corrected chi connectivity index (χ4v) is 6.12. The molecule has 1 heterocycles. The summed E-state index contributed by atoms with van der Waals surface area (Å²) in [6, 6.07) is 0. The molecule has 5 nitrogen and oxygen atoms in total. The third-order valence-electron chi connectivity index (χ3n) is 3.25. The first-order valence-corrected chi connectivity index (χ1v) is 9.61. The van der Waals surface area contributed by atoms with Crippen LogP contribution >= 0.6 is 31.9 Å². The second-order valence-corrected chi connectivity index (χ2v) is 7.37. The molecular formula is C11H19Br2N3O2S. The van der Waals surface area contributed by atoms with Crippen molar-refractivity contribution in [3.05, 3.63) is 11.4 Å². The van der Waals surface area contributed by atoms with Crippen LogP contribution < -0.4 is 4.72 Å². The van der Waals surface area contributed by atoms with Crippen LogP contribution in [0, 0.1) is 13.8 Å². The molecular weight excluding hydrogens is 398 g/mol. The zero-order valence-corrected chi connectivity index (χ0v) is 15.5. The molecule has 8 heteroatoms. The summed E-state index contributed by atoms with van der Waals surface area (Å²) in [7, 11) is -1.85. The van der Waals surface area contributed by atoms with E-state index in [0.29, 0.717) is 28.5 Å². The minimum absolute atomic E-state index is 0.273. The molecule has 0 amide bonds. The average molecular weight is 417 g/mol. The van der Waals surface area contributed by atoms with Gasteiger partial charge in [-0.15, -0.1) is 0 Å². The van der Waals surface area contributed by atoms with Crippen molar-refractivity contribution in [2.45, 2.75) is 37.6 Å². The van der Waals surface area contributed by atoms with Gasteiger partial charge in [-0.3, -0.25) is 4.68 Å². The van der Waals surface area contributed by atoms with Crippen molar-refractivity contribution in [2.24, 2.45) is 7.05 Å². The van der Waals surface area contributed by atoms with Gasteiger partial charge in [0.05, 0.1) is 16.9 Å². The molecule has 110 valence electrons. The van der Waals surface area contributed by atoms with E-state index in [4.69, 9.17) is 0 Å². The van der Waals surface area contributed by atoms with Crippen LogP contribution in [-0.2, 0) is 17.1 Å². The Kier molecular flexibility index (Phi) is 5.62. The highest BCUT2D eigenvalue weighted by Gasteiger charge is 2.34. The normalized spacial score (nSPS) is 12.9. The molecule has 0 aromatic carbocycles. The van der Waals surface area contributed by atoms with Crippen molar-refractivity contribution in [3.8, 4) is 0 Å². The Hall–Kier alpha value is 0.0800. The van der Waals surface area contributed by atoms with Gasteiger partial charge in [-0.05, 0) is 20.3 Å². The van der Waals surface area contributed by atoms with Crippen LogP contribution in [0.3, 0.4) is 0 Å². The molecule has 0 aliphatic carbocycles. The molecule has 0 spiro atoms. The molecule has 0 aliphatic rings. The van der Waals surface area contributed by atoms with Crippen molar-refractivity contribution in [1.29, 1.82) is 0 Å². The van der Waals surface area contributed by atoms with Gasteiger partial charge in [0.25, 0.3) is 0 Å². The Labute approximate surface area is 131 Å². The highest BCUT2D eigenvalue weighted by Crippen LogP contribution is 2.24. The molecule has 0 atom stereocenters. The summed E-state index contributed by atoms with van der Waals surface area (Å²) in [5, 5.41) is 5.24. The number of aromatic nitrogens is 2. The Morgan fingerprint density at radius 2 is 1.84 bits per heavy atom. The third kappa shape index (κ3) is 3.40. The van der Waals surface area contributed by atoms with Crippen molar-refractivity contribution >= 4 is 41.9 Å². The lowest BCUT2D eigenvalue weighted by Gasteiger charge is -2.29. The van der Waals surface area contributed by atoms with Gasteiger partial charge in [0, 0.05) is 17.7 Å². The molecule has 1 aromatic heterocycles. The predicted octanol–water partition coefficient (Wildman–Crippen LogP) is 2.25. The van der Waals surface area contributed by atoms with E-state index in [2.05, 4.69) is 41.7 Å². The maximum Gasteiger partial charge on any atom is 0.244 e. The number of hydrogen-bond acceptors (Lipinski definition) is 3. The molecule has 1 aromatic rings. The van der Waals surface area contributed by atoms with Crippen LogP contribution in [0.15, 0.2) is 4.90 Å². The minimum Gasteiger partial charge on any atom is -0.271 e. The van der Waals surface area contributed by atoms with E-state index >= 15 is 0 Å². The van der Waals surface area contributed by atoms with E-state index in [9.17, 15) is 8.42 Å². The average Bonchev–Trinajstić information content (AvgIpc) is 2.61. The van der Waals surface area contributed by atoms with Crippen LogP contribution in [0.2, 0.25) is 0 Å². The highest BCUT2D eigenvalue weighted by atomic mass is 79.9. The van der Waals surface area contributed by atoms with Crippen LogP contribution in [0.25, 0.3) is 0 Å². The smallest absolute Gasteiger partial charge is 0.244 e. The molecule has 0 fully saturated rings. The van der Waals surface area contributed by atoms with Crippen LogP contribution in [0.4, 0.5) is 0 Å². The number of rotatable bonds is 6. The summed E-state index contributed by atoms with van der Waals surface area (Å²) in [6.07, 6.45) is 0.682. The van der Waals surface area contributed by atoms with E-state index in [1.807, 2.05) is 6.92 Å². The first-order valence-electron chi connectivity index (χ1n) is 5.89. The molecule has 0 unspecified atom stereocenters. The van der Waals surface area contributed by atoms with Crippen molar-refractivity contribution in [1.82, 2.24) is 14.5 Å². The first-order chi connectivity index (χ1) is 8.73. The van der Waals surface area contributed by atoms with Gasteiger partial charge in [-0.2, -0.15) is 5.10 Å². The minimum atomic E-state index is -3.59. The number of nitrogens with zero attached hydrogens (tertiary/aromatic N) is 2. The molecule has 0 bridgehead atoms. The van der Waals surface area contributed by atoms with E-state index < -0.39 is 15.6 Å². The molecule has 1 N–H and O–H groups in total. The van der Waals surface area contributed by atoms with Crippen LogP contribution in [0.5, 0.6) is 0 Å². The summed E-state index contributed by atoms with van der Waals surface area (Å²) in [4.78, 5) is 0.273. The number of nitrogens with one attached hydrogen (secondary N) is 1. The maximum absolute atomic E-state index is 12.6. The number of sulfonamides is 1. The monoisotopic (exact) mass is 415 g/mol. The number of aryl methyl sites for hydroxylation is 2. The van der Waals surface area contributed by atoms with Crippen molar-refractivity contribution in [2.75, 3.05) is 10.7 Å². The molecule has 0 saturated heterocycles. The number of hydrogen-bond donors (Lipinski definition) is 1. The number of alkyl halides is 2. The largest absolute Gasteiger partial charge is 0.271 e. The van der Waals surface area contributed by atoms with Gasteiger partial charge in [-0.25, -0.2) is 13.1 Å². The molecule has 0 radical (unpaired) electrons. The zero-order valence-electron chi connectivity index (χ0n) is 11.5. The summed E-state index contributed by atoms with van der Waals surface area (Å²) >= 11 is 6.77. The fraction of sp³-hybridized carbons (Fsp3) is 0.727. The summed E-state index contributed by atoms with van der Waals surface area (Å²) in [6.45, 7) is 5.41. The Morgan fingerprint density at radius 1 is 1.32 bits per heavy atom. The van der Waals surface area contributed by atoms with Gasteiger partial charge in [0.15, 0.2) is 0 Å². The Bertz CT molecular complexity index is 542. The maximum atomic E-state index is 12.6. The third-order valence-corrected chi connectivity index (χ3v) is 7.23. The molecule has 1 rings (SSSR count). The first kappa shape index (κ1) is 17.1. The zero-order chi connectivity index (χ0) is 14.8. The Morgan fingerprint density at radius 3 is 2.16 bits per heavy atom. The lowest BCUT2D eigenvalue weighted by atomic mass is 10.0. The summed E-state index contributed by atoms with van der Waals surface area (Å²) in [5.41, 5.74) is 0.619. The summed E-state index contributed by atoms with van der Waals surface area (Å²) < 4.78 is 29.5. The molecule has 0 aliphatic heterocycles. The van der Waals surface area contributed by atoms with E-state index in [0.717, 1.165) is 0 Å². The standard InChI is InChI=1S/C11H19Br2N3O2S/c1-5-11(6-12,7-13)15-19(17,18)10-8(2)14-16(4)9(10)3/h15H,5-7H2,1-4H3. The lowest BCUT2D eigenvalue weighted by Crippen LogP contribution is -2.51. The SMILES string of the molecule is CCC(CBr)(CBr)NS(=O)(=O)c1c(C)nn(C)c1C. The van der Waals surface area contributed by atoms with Gasteiger partial charge in [0.1, 0.15) is 4.90 Å². The molecule has 19 heavy (non-hydrogen) atoms. The quantitative estimate of drug-likeness (QED) is 0.723. The second-order valence-electron chi connectivity index (χ2n) is 4.63. The van der Waals surface area contributed by atoms with Crippen LogP contribution in [0.1, 0.15) is 24.7 Å². The fourth-order valence-electron chi connectivity index (χ4n) is 1.83. The van der Waals surface area contributed by atoms with Gasteiger partial charge >= 0.3 is 0 Å². The predicted molar refractivity (Wildman–Crippen MR) is 83.6 cm³/mol. The van der Waals surface area contributed by atoms with Crippen molar-refractivity contribution in [3.63, 3.8) is 0 Å². The summed E-state index contributed by atoms with van der Waals surface area (Å²) in [5.74, 6) is 0. The topological polar surface area (TPSA) is 64.0 Å². The lowest BCUT2D eigenvalue weighted by molar-refractivity contribution is 0.459. The van der Waals surface area contributed by atoms with Crippen LogP contribution in [-0.4, -0.2) is 34.4 Å². The van der Waals surface area contributed by atoms with Gasteiger partial charge in [0.2, 0.25) is 10.0 Å². The number of halogens is 2. The molecule has 0 saturated carbocycles. The van der Waals surface area contributed by atoms with E-state index in [-0.39, 0.29) is 4.90 Å². The van der Waals surface area contributed by atoms with Gasteiger partial charge in [-0.1, -0.05) is 38.8 Å². The second kappa shape index (κ2) is 6.24. The van der Waals surface area contributed by atoms with E-state index in [1.165, 1.54) is 0 Å². The van der Waals surface area contributed by atoms with Gasteiger partial charge < -0.3 is 0 Å². The van der Waals surface area contributed by atoms with Crippen molar-refractivity contribution < 1.29 is 8.42 Å². The van der Waals surface area contributed by atoms with E-state index in [1.54, 1.807) is 25.6 Å². The Balaban J connectivity index is 3.25. The highest BCUT2D eigenvalue weighted by molar-refractivity contribution is 9.09.